The zero-order valence-corrected chi connectivity index (χ0v) is 12.7. The van der Waals surface area contributed by atoms with Crippen LogP contribution in [-0.4, -0.2) is 24.5 Å². The lowest BCUT2D eigenvalue weighted by atomic mass is 10.1. The van der Waals surface area contributed by atoms with E-state index in [1.807, 2.05) is 0 Å². The molecule has 1 aromatic rings. The van der Waals surface area contributed by atoms with E-state index in [1.54, 1.807) is 32.0 Å². The average molecular weight is 319 g/mol. The highest BCUT2D eigenvalue weighted by atomic mass is 35.5. The number of hydrogen-bond acceptors (Lipinski definition) is 4. The van der Waals surface area contributed by atoms with Gasteiger partial charge in [-0.1, -0.05) is 29.3 Å². The van der Waals surface area contributed by atoms with Gasteiger partial charge in [0.1, 0.15) is 0 Å². The first-order valence-electron chi connectivity index (χ1n) is 6.04. The van der Waals surface area contributed by atoms with Crippen molar-refractivity contribution in [3.05, 3.63) is 33.8 Å². The minimum absolute atomic E-state index is 0.169. The van der Waals surface area contributed by atoms with Crippen molar-refractivity contribution in [2.75, 3.05) is 6.61 Å². The number of esters is 1. The summed E-state index contributed by atoms with van der Waals surface area (Å²) in [6, 6.07) is 3.30. The Kier molecular flexibility index (Phi) is 6.26. The highest BCUT2D eigenvalue weighted by Crippen LogP contribution is 2.25. The molecule has 0 saturated heterocycles. The molecule has 1 rings (SSSR count). The van der Waals surface area contributed by atoms with Crippen LogP contribution in [0.25, 0.3) is 0 Å². The van der Waals surface area contributed by atoms with Crippen molar-refractivity contribution >= 4 is 35.1 Å². The van der Waals surface area contributed by atoms with E-state index in [4.69, 9.17) is 28.9 Å². The van der Waals surface area contributed by atoms with E-state index in [-0.39, 0.29) is 12.6 Å². The van der Waals surface area contributed by atoms with Gasteiger partial charge < -0.3 is 15.8 Å². The Morgan fingerprint density at radius 2 is 2.00 bits per heavy atom. The Morgan fingerprint density at radius 3 is 2.55 bits per heavy atom. The molecule has 0 radical (unpaired) electrons. The molecule has 20 heavy (non-hydrogen) atoms. The summed E-state index contributed by atoms with van der Waals surface area (Å²) in [6.45, 7) is 3.55. The van der Waals surface area contributed by atoms with Crippen LogP contribution >= 0.6 is 23.2 Å². The van der Waals surface area contributed by atoms with Gasteiger partial charge in [-0.15, -0.1) is 0 Å². The molecule has 0 aliphatic carbocycles. The number of benzene rings is 1. The minimum Gasteiger partial charge on any atom is -0.464 e. The Labute approximate surface area is 127 Å². The fourth-order valence-corrected chi connectivity index (χ4v) is 1.81. The average Bonchev–Trinajstić information content (AvgIpc) is 2.41. The summed E-state index contributed by atoms with van der Waals surface area (Å²) in [6.07, 6.45) is 0. The van der Waals surface area contributed by atoms with Crippen LogP contribution in [0, 0.1) is 0 Å². The second kappa shape index (κ2) is 7.47. The van der Waals surface area contributed by atoms with E-state index >= 15 is 0 Å². The van der Waals surface area contributed by atoms with Crippen LogP contribution in [0.1, 0.15) is 25.5 Å². The number of hydrogen-bond donors (Lipinski definition) is 2. The molecule has 0 heterocycles. The molecular weight excluding hydrogens is 303 g/mol. The second-order valence-corrected chi connectivity index (χ2v) is 4.95. The molecule has 0 aliphatic rings. The number of carbonyl (C=O) groups excluding carboxylic acids is 2. The van der Waals surface area contributed by atoms with Crippen LogP contribution < -0.4 is 11.1 Å². The summed E-state index contributed by atoms with van der Waals surface area (Å²) in [5.74, 6) is -1.37. The predicted octanol–water partition coefficient (Wildman–Crippen LogP) is 2.06. The fraction of sp³-hybridized carbons (Fsp3) is 0.385. The van der Waals surface area contributed by atoms with Crippen LogP contribution in [0.4, 0.5) is 0 Å². The second-order valence-electron chi connectivity index (χ2n) is 4.13. The molecule has 0 spiro atoms. The summed E-state index contributed by atoms with van der Waals surface area (Å²) in [4.78, 5) is 23.2. The normalized spacial score (nSPS) is 13.4. The van der Waals surface area contributed by atoms with Crippen molar-refractivity contribution in [2.45, 2.75) is 25.9 Å². The number of halogens is 2. The Bertz CT molecular complexity index is 508. The van der Waals surface area contributed by atoms with E-state index in [0.717, 1.165) is 5.56 Å². The van der Waals surface area contributed by atoms with E-state index in [9.17, 15) is 9.59 Å². The van der Waals surface area contributed by atoms with Crippen LogP contribution in [0.2, 0.25) is 10.0 Å². The van der Waals surface area contributed by atoms with Crippen molar-refractivity contribution in [3.8, 4) is 0 Å². The predicted molar refractivity (Wildman–Crippen MR) is 77.6 cm³/mol. The third-order valence-electron chi connectivity index (χ3n) is 2.63. The zero-order valence-electron chi connectivity index (χ0n) is 11.2. The SMILES string of the molecule is CCOC(=O)C(N)C(=O)NC(C)c1ccc(Cl)c(Cl)c1. The number of amides is 1. The Balaban J connectivity index is 2.69. The summed E-state index contributed by atoms with van der Waals surface area (Å²) in [7, 11) is 0. The summed E-state index contributed by atoms with van der Waals surface area (Å²) in [5, 5.41) is 3.43. The lowest BCUT2D eigenvalue weighted by molar-refractivity contribution is -0.148. The lowest BCUT2D eigenvalue weighted by Gasteiger charge is -2.17. The van der Waals surface area contributed by atoms with Crippen molar-refractivity contribution < 1.29 is 14.3 Å². The number of carbonyl (C=O) groups is 2. The van der Waals surface area contributed by atoms with E-state index in [1.165, 1.54) is 0 Å². The first kappa shape index (κ1) is 16.8. The maximum absolute atomic E-state index is 11.8. The topological polar surface area (TPSA) is 81.4 Å². The molecular formula is C13H16Cl2N2O3. The summed E-state index contributed by atoms with van der Waals surface area (Å²) in [5.41, 5.74) is 6.25. The van der Waals surface area contributed by atoms with Crippen LogP contribution in [0.15, 0.2) is 18.2 Å². The monoisotopic (exact) mass is 318 g/mol. The highest BCUT2D eigenvalue weighted by molar-refractivity contribution is 6.42. The third-order valence-corrected chi connectivity index (χ3v) is 3.36. The van der Waals surface area contributed by atoms with E-state index < -0.39 is 17.9 Å². The van der Waals surface area contributed by atoms with Crippen molar-refractivity contribution in [2.24, 2.45) is 5.73 Å². The number of nitrogens with one attached hydrogen (secondary N) is 1. The van der Waals surface area contributed by atoms with Crippen molar-refractivity contribution in [1.29, 1.82) is 0 Å². The molecule has 110 valence electrons. The van der Waals surface area contributed by atoms with Gasteiger partial charge in [0, 0.05) is 0 Å². The molecule has 3 N–H and O–H groups in total. The lowest BCUT2D eigenvalue weighted by Crippen LogP contribution is -2.47. The quantitative estimate of drug-likeness (QED) is 0.643. The van der Waals surface area contributed by atoms with Gasteiger partial charge in [0.05, 0.1) is 22.7 Å². The maximum atomic E-state index is 11.8. The zero-order chi connectivity index (χ0) is 15.3. The molecule has 0 bridgehead atoms. The molecule has 2 atom stereocenters. The van der Waals surface area contributed by atoms with Gasteiger partial charge in [-0.25, -0.2) is 4.79 Å². The molecule has 0 saturated carbocycles. The smallest absolute Gasteiger partial charge is 0.332 e. The molecule has 2 unspecified atom stereocenters. The number of nitrogens with two attached hydrogens (primary N) is 1. The summed E-state index contributed by atoms with van der Waals surface area (Å²) < 4.78 is 4.68. The molecule has 7 heteroatoms. The molecule has 0 aliphatic heterocycles. The van der Waals surface area contributed by atoms with Crippen molar-refractivity contribution in [3.63, 3.8) is 0 Å². The Hall–Kier alpha value is -1.30. The van der Waals surface area contributed by atoms with Crippen molar-refractivity contribution in [1.82, 2.24) is 5.32 Å². The summed E-state index contributed by atoms with van der Waals surface area (Å²) >= 11 is 11.7. The fourth-order valence-electron chi connectivity index (χ4n) is 1.51. The number of ether oxygens (including phenoxy) is 1. The molecule has 0 fully saturated rings. The van der Waals surface area contributed by atoms with E-state index in [0.29, 0.717) is 10.0 Å². The standard InChI is InChI=1S/C13H16Cl2N2O3/c1-3-20-13(19)11(16)12(18)17-7(2)8-4-5-9(14)10(15)6-8/h4-7,11H,3,16H2,1-2H3,(H,17,18). The van der Waals surface area contributed by atoms with Gasteiger partial charge in [-0.2, -0.15) is 0 Å². The van der Waals surface area contributed by atoms with Gasteiger partial charge in [0.15, 0.2) is 6.04 Å². The minimum atomic E-state index is -1.35. The number of rotatable bonds is 5. The van der Waals surface area contributed by atoms with Gasteiger partial charge in [-0.3, -0.25) is 4.79 Å². The third kappa shape index (κ3) is 4.37. The first-order valence-corrected chi connectivity index (χ1v) is 6.80. The van der Waals surface area contributed by atoms with Crippen LogP contribution in [0.5, 0.6) is 0 Å². The Morgan fingerprint density at radius 1 is 1.35 bits per heavy atom. The van der Waals surface area contributed by atoms with Crippen LogP contribution in [0.3, 0.4) is 0 Å². The maximum Gasteiger partial charge on any atom is 0.332 e. The van der Waals surface area contributed by atoms with Gasteiger partial charge in [-0.05, 0) is 31.5 Å². The van der Waals surface area contributed by atoms with E-state index in [2.05, 4.69) is 10.1 Å². The molecule has 5 nitrogen and oxygen atoms in total. The van der Waals surface area contributed by atoms with Gasteiger partial charge in [0.2, 0.25) is 5.91 Å². The largest absolute Gasteiger partial charge is 0.464 e. The van der Waals surface area contributed by atoms with Gasteiger partial charge in [0.25, 0.3) is 0 Å². The van der Waals surface area contributed by atoms with Crippen LogP contribution in [-0.2, 0) is 14.3 Å². The first-order chi connectivity index (χ1) is 9.36. The highest BCUT2D eigenvalue weighted by Gasteiger charge is 2.24. The molecule has 1 amide bonds. The molecule has 1 aromatic carbocycles. The van der Waals surface area contributed by atoms with Gasteiger partial charge >= 0.3 is 5.97 Å². The molecule has 0 aromatic heterocycles.